The molecule has 0 amide bonds. The molecule has 0 saturated carbocycles. The summed E-state index contributed by atoms with van der Waals surface area (Å²) >= 11 is 0. The first-order valence-corrected chi connectivity index (χ1v) is 5.40. The summed E-state index contributed by atoms with van der Waals surface area (Å²) in [5.74, 6) is -2.02. The summed E-state index contributed by atoms with van der Waals surface area (Å²) in [5.41, 5.74) is 0. The van der Waals surface area contributed by atoms with Gasteiger partial charge in [-0.1, -0.05) is 6.92 Å². The maximum atomic E-state index is 11.6. The van der Waals surface area contributed by atoms with Crippen molar-refractivity contribution in [3.63, 3.8) is 0 Å². The second-order valence-electron chi connectivity index (χ2n) is 2.70. The topological polar surface area (TPSA) is 63.6 Å². The van der Waals surface area contributed by atoms with Crippen molar-refractivity contribution in [1.29, 1.82) is 0 Å². The summed E-state index contributed by atoms with van der Waals surface area (Å²) < 4.78 is 50.1. The Morgan fingerprint density at radius 1 is 1.53 bits per heavy atom. The average molecular weight is 248 g/mol. The van der Waals surface area contributed by atoms with Crippen LogP contribution in [0, 0.1) is 0 Å². The van der Waals surface area contributed by atoms with E-state index in [4.69, 9.17) is 5.11 Å². The molecule has 0 aliphatic rings. The number of alkyl halides is 3. The SMILES string of the molecule is CCC(C(=O)O)S(=O)COCC(F)(F)F. The first-order chi connectivity index (χ1) is 6.78. The molecule has 0 aromatic carbocycles. The third-order valence-corrected chi connectivity index (χ3v) is 3.00. The largest absolute Gasteiger partial charge is 0.480 e. The van der Waals surface area contributed by atoms with Crippen LogP contribution in [0.25, 0.3) is 0 Å². The van der Waals surface area contributed by atoms with Gasteiger partial charge in [-0.05, 0) is 6.42 Å². The van der Waals surface area contributed by atoms with Crippen LogP contribution >= 0.6 is 0 Å². The van der Waals surface area contributed by atoms with Gasteiger partial charge in [-0.15, -0.1) is 0 Å². The molecule has 0 aliphatic heterocycles. The Kier molecular flexibility index (Phi) is 5.81. The van der Waals surface area contributed by atoms with Crippen LogP contribution in [0.3, 0.4) is 0 Å². The predicted molar refractivity (Wildman–Crippen MR) is 46.7 cm³/mol. The molecule has 0 spiro atoms. The molecule has 0 bridgehead atoms. The second-order valence-corrected chi connectivity index (χ2v) is 4.26. The van der Waals surface area contributed by atoms with E-state index in [0.717, 1.165) is 0 Å². The number of hydrogen-bond acceptors (Lipinski definition) is 3. The standard InChI is InChI=1S/C7H11F3O4S/c1-2-5(6(11)12)15(13)4-14-3-7(8,9)10/h5H,2-4H2,1H3,(H,11,12). The number of carboxylic acid groups (broad SMARTS) is 1. The molecule has 8 heteroatoms. The number of aliphatic carboxylic acids is 1. The van der Waals surface area contributed by atoms with Crippen molar-refractivity contribution in [2.45, 2.75) is 24.8 Å². The number of carbonyl (C=O) groups is 1. The van der Waals surface area contributed by atoms with Crippen LogP contribution in [0.4, 0.5) is 13.2 Å². The van der Waals surface area contributed by atoms with Crippen LogP contribution in [-0.4, -0.2) is 39.3 Å². The predicted octanol–water partition coefficient (Wildman–Crippen LogP) is 1.13. The van der Waals surface area contributed by atoms with Gasteiger partial charge in [-0.25, -0.2) is 0 Å². The van der Waals surface area contributed by atoms with Crippen LogP contribution in [0.5, 0.6) is 0 Å². The molecule has 2 atom stereocenters. The molecule has 0 aromatic heterocycles. The average Bonchev–Trinajstić information content (AvgIpc) is 2.01. The fourth-order valence-electron chi connectivity index (χ4n) is 0.795. The van der Waals surface area contributed by atoms with E-state index in [2.05, 4.69) is 4.74 Å². The molecule has 2 unspecified atom stereocenters. The van der Waals surface area contributed by atoms with E-state index < -0.39 is 40.7 Å². The van der Waals surface area contributed by atoms with Gasteiger partial charge in [0.1, 0.15) is 17.8 Å². The van der Waals surface area contributed by atoms with Gasteiger partial charge in [0.15, 0.2) is 0 Å². The number of halogens is 3. The lowest BCUT2D eigenvalue weighted by molar-refractivity contribution is -0.169. The molecule has 0 fully saturated rings. The number of carboxylic acids is 1. The van der Waals surface area contributed by atoms with E-state index in [1.807, 2.05) is 0 Å². The number of ether oxygens (including phenoxy) is 1. The van der Waals surface area contributed by atoms with Crippen molar-refractivity contribution < 1.29 is 32.0 Å². The van der Waals surface area contributed by atoms with Crippen molar-refractivity contribution in [3.8, 4) is 0 Å². The van der Waals surface area contributed by atoms with E-state index >= 15 is 0 Å². The van der Waals surface area contributed by atoms with Gasteiger partial charge in [-0.2, -0.15) is 13.2 Å². The Morgan fingerprint density at radius 2 is 2.07 bits per heavy atom. The van der Waals surface area contributed by atoms with Crippen LogP contribution in [0.1, 0.15) is 13.3 Å². The highest BCUT2D eigenvalue weighted by Gasteiger charge is 2.29. The third kappa shape index (κ3) is 6.45. The summed E-state index contributed by atoms with van der Waals surface area (Å²) in [7, 11) is -1.94. The van der Waals surface area contributed by atoms with E-state index in [0.29, 0.717) is 0 Å². The maximum Gasteiger partial charge on any atom is 0.411 e. The Hall–Kier alpha value is -0.630. The van der Waals surface area contributed by atoms with Crippen molar-refractivity contribution in [2.75, 3.05) is 12.5 Å². The lowest BCUT2D eigenvalue weighted by Crippen LogP contribution is -2.28. The molecule has 0 radical (unpaired) electrons. The van der Waals surface area contributed by atoms with Gasteiger partial charge in [-0.3, -0.25) is 9.00 Å². The molecular weight excluding hydrogens is 237 g/mol. The summed E-state index contributed by atoms with van der Waals surface area (Å²) in [4.78, 5) is 10.5. The van der Waals surface area contributed by atoms with Gasteiger partial charge in [0, 0.05) is 0 Å². The van der Waals surface area contributed by atoms with E-state index in [-0.39, 0.29) is 6.42 Å². The Morgan fingerprint density at radius 3 is 2.40 bits per heavy atom. The first-order valence-electron chi connectivity index (χ1n) is 4.02. The zero-order valence-corrected chi connectivity index (χ0v) is 8.73. The van der Waals surface area contributed by atoms with Gasteiger partial charge < -0.3 is 9.84 Å². The van der Waals surface area contributed by atoms with Gasteiger partial charge in [0.05, 0.1) is 10.8 Å². The van der Waals surface area contributed by atoms with Crippen LogP contribution in [0.15, 0.2) is 0 Å². The highest BCUT2D eigenvalue weighted by atomic mass is 32.2. The van der Waals surface area contributed by atoms with Gasteiger partial charge in [0.2, 0.25) is 0 Å². The van der Waals surface area contributed by atoms with E-state index in [1.165, 1.54) is 6.92 Å². The Balaban J connectivity index is 3.98. The summed E-state index contributed by atoms with van der Waals surface area (Å²) in [6.45, 7) is -0.0325. The molecule has 0 aromatic rings. The van der Waals surface area contributed by atoms with Crippen molar-refractivity contribution in [1.82, 2.24) is 0 Å². The van der Waals surface area contributed by atoms with Gasteiger partial charge >= 0.3 is 12.1 Å². The molecule has 0 heterocycles. The zero-order valence-electron chi connectivity index (χ0n) is 7.91. The lowest BCUT2D eigenvalue weighted by atomic mass is 10.3. The fourth-order valence-corrected chi connectivity index (χ4v) is 1.80. The van der Waals surface area contributed by atoms with Crippen LogP contribution in [0.2, 0.25) is 0 Å². The van der Waals surface area contributed by atoms with Crippen molar-refractivity contribution >= 4 is 16.8 Å². The zero-order chi connectivity index (χ0) is 12.1. The summed E-state index contributed by atoms with van der Waals surface area (Å²) in [6.07, 6.45) is -4.41. The molecule has 0 saturated heterocycles. The number of hydrogen-bond donors (Lipinski definition) is 1. The number of rotatable bonds is 6. The van der Waals surface area contributed by atoms with E-state index in [9.17, 15) is 22.2 Å². The molecular formula is C7H11F3O4S. The monoisotopic (exact) mass is 248 g/mol. The van der Waals surface area contributed by atoms with Crippen molar-refractivity contribution in [2.24, 2.45) is 0 Å². The Bertz CT molecular complexity index is 241. The first kappa shape index (κ1) is 14.4. The smallest absolute Gasteiger partial charge is 0.411 e. The molecule has 4 nitrogen and oxygen atoms in total. The molecule has 90 valence electrons. The lowest BCUT2D eigenvalue weighted by Gasteiger charge is -2.11. The Labute approximate surface area is 86.9 Å². The highest BCUT2D eigenvalue weighted by Crippen LogP contribution is 2.15. The minimum Gasteiger partial charge on any atom is -0.480 e. The summed E-state index contributed by atoms with van der Waals surface area (Å²) in [5, 5.41) is 7.35. The summed E-state index contributed by atoms with van der Waals surface area (Å²) in [6, 6.07) is 0. The quantitative estimate of drug-likeness (QED) is 0.765. The van der Waals surface area contributed by atoms with Crippen LogP contribution in [-0.2, 0) is 20.3 Å². The van der Waals surface area contributed by atoms with E-state index in [1.54, 1.807) is 0 Å². The maximum absolute atomic E-state index is 11.6. The second kappa shape index (κ2) is 6.06. The van der Waals surface area contributed by atoms with Crippen molar-refractivity contribution in [3.05, 3.63) is 0 Å². The molecule has 15 heavy (non-hydrogen) atoms. The molecule has 0 aliphatic carbocycles. The third-order valence-electron chi connectivity index (χ3n) is 1.43. The van der Waals surface area contributed by atoms with Crippen LogP contribution < -0.4 is 0 Å². The highest BCUT2D eigenvalue weighted by molar-refractivity contribution is 7.86. The molecule has 0 rings (SSSR count). The normalized spacial score (nSPS) is 16.0. The van der Waals surface area contributed by atoms with Gasteiger partial charge in [0.25, 0.3) is 0 Å². The molecule has 1 N–H and O–H groups in total. The minimum absolute atomic E-state index is 0.0807. The fraction of sp³-hybridized carbons (Fsp3) is 0.857. The minimum atomic E-state index is -4.49.